The fraction of sp³-hybridized carbons (Fsp3) is 0.890. The Kier molecular flexibility index (Phi) is 44.9. The van der Waals surface area contributed by atoms with Gasteiger partial charge in [-0.3, -0.25) is 38.4 Å². The number of hydrogen-bond donors (Lipinski definition) is 24. The molecule has 30 rings (SSSR count). The SMILES string of the molecule is O=C(O)CCSC[C@H]1CC2O[C@H]3[C@H](O)[C@@H](O)[C@@H](OC4[C@@H](CSCCC(=O)O)OC(O[C@H]5[C@H](O)[C@@H](O)C(OC6[C@@H](CSCCC(=O)O)OC(O[C@H]7[C@H](O)[C@@H](O)[C@@H](OC8[C@@H](CSCCC(=O)O)OC(O[C@H]9[C@H](O)[C@@H](O)[C@@H](OC1[C@H](O)[C@H]2O)O[C@@H]9CSCCC(=O)O)[C@H](O)[C@H]8O)O[C@@H]7CSCCC(=O)O)[C@H](O)[C@H]6O)O[C@@H]5CSCCC(=O)O)[C@H](O)[C@H]4O)O[C@@H]3CSCCC(=O)O. The molecule has 29 saturated heterocycles. The Morgan fingerprint density at radius 2 is 0.336 bits per heavy atom. The van der Waals surface area contributed by atoms with Gasteiger partial charge in [0.25, 0.3) is 0 Å². The molecule has 0 aromatic carbocycles. The van der Waals surface area contributed by atoms with E-state index in [0.29, 0.717) is 0 Å². The van der Waals surface area contributed by atoms with Crippen LogP contribution in [0, 0.1) is 5.92 Å². The molecule has 47 nitrogen and oxygen atoms in total. The average Bonchev–Trinajstić information content (AvgIpc) is 0.771. The van der Waals surface area contributed by atoms with Gasteiger partial charge in [-0.25, -0.2) is 0 Å². The molecule has 0 spiro atoms. The van der Waals surface area contributed by atoms with E-state index < -0.39 is 351 Å². The Bertz CT molecular complexity index is 2830. The first-order valence-corrected chi connectivity index (χ1v) is 50.1. The van der Waals surface area contributed by atoms with E-state index in [1.165, 1.54) is 0 Å². The molecule has 128 heavy (non-hydrogen) atoms. The van der Waals surface area contributed by atoms with Gasteiger partial charge in [-0.1, -0.05) is 0 Å². The molecule has 9 unspecified atom stereocenters. The molecule has 55 heteroatoms. The number of thioether (sulfide) groups is 8. The van der Waals surface area contributed by atoms with Gasteiger partial charge in [-0.15, -0.1) is 0 Å². The standard InChI is InChI=1S/C73H114O47S8/c74-35(75)1-9-121-18-26-17-27-43(90)44(91)59(26)114-67-53(100)46(93)61(29(108-67)20-123-11-3-37(78)79)116-69-55(102)48(95)63(31(110-69)22-125-13-5-39(82)83)118-71-57(104)50(97)65(33(112-71)24-127-15-7-41(86)87)120-73-58(105)51(98)66(34(113-73)25-128-16-8-42(88)89)119-72-56(103)49(96)64(32(111-72)23-126-14-6-40(84)85)117-70-54(101)47(94)62(30(109-70)21-124-12-4-38(80)81)115-68-52(99)45(92)60(106-27)28(107-68)19-122-10-2-36(76)77/h26-34,43-73,90-105H,1-25H2,(H,74,75)(H,76,77)(H,78,79)(H,80,81)(H,82,83)(H,84,85)(H,86,87)(H,88,89)/t26-,27?,28-,29-,30-,31-,32-,33-,34-,43+,44-,45-,46-,47-,48-,49-,50-,51-,52-,53-,54-,55-,56-,57-,58-,59?,60-,61-,62?,63?,64-,65-,66?,67-,68-,69?,70?,71-,72?,73?/m1/s1. The van der Waals surface area contributed by atoms with E-state index in [4.69, 9.17) is 71.1 Å². The summed E-state index contributed by atoms with van der Waals surface area (Å²) in [4.78, 5) is 94.4. The maximum Gasteiger partial charge on any atom is 0.304 e. The molecular formula is C73H114O47S8. The highest BCUT2D eigenvalue weighted by atomic mass is 32.2. The molecule has 29 aliphatic heterocycles. The van der Waals surface area contributed by atoms with Crippen molar-refractivity contribution in [1.29, 1.82) is 0 Å². The molecule has 40 atom stereocenters. The lowest BCUT2D eigenvalue weighted by molar-refractivity contribution is -0.392. The number of carboxylic acids is 8. The molecule has 30 aliphatic rings. The van der Waals surface area contributed by atoms with Gasteiger partial charge in [0.1, 0.15) is 140 Å². The second-order valence-electron chi connectivity index (χ2n) is 31.2. The van der Waals surface area contributed by atoms with Crippen LogP contribution in [0.15, 0.2) is 0 Å². The van der Waals surface area contributed by atoms with E-state index in [1.54, 1.807) is 0 Å². The number of rotatable bonds is 40. The average molecular weight is 2000 g/mol. The van der Waals surface area contributed by atoms with Crippen molar-refractivity contribution in [1.82, 2.24) is 0 Å². The Labute approximate surface area is 764 Å². The van der Waals surface area contributed by atoms with E-state index >= 15 is 0 Å². The molecule has 0 aromatic rings. The van der Waals surface area contributed by atoms with Crippen LogP contribution in [0.2, 0.25) is 0 Å². The van der Waals surface area contributed by atoms with Crippen LogP contribution in [0.4, 0.5) is 0 Å². The summed E-state index contributed by atoms with van der Waals surface area (Å²) in [5.41, 5.74) is 0. The highest BCUT2D eigenvalue weighted by Gasteiger charge is 2.61. The maximum atomic E-state index is 12.4. The monoisotopic (exact) mass is 2000 g/mol. The molecule has 29 heterocycles. The Morgan fingerprint density at radius 3 is 0.508 bits per heavy atom. The van der Waals surface area contributed by atoms with Gasteiger partial charge in [-0.2, -0.15) is 94.1 Å². The highest BCUT2D eigenvalue weighted by molar-refractivity contribution is 8.00. The zero-order chi connectivity index (χ0) is 93.7. The normalized spacial score (nSPS) is 41.5. The fourth-order valence-electron chi connectivity index (χ4n) is 15.2. The number of aliphatic carboxylic acids is 8. The van der Waals surface area contributed by atoms with Crippen LogP contribution < -0.4 is 0 Å². The van der Waals surface area contributed by atoms with E-state index in [-0.39, 0.29) is 92.0 Å². The van der Waals surface area contributed by atoms with Gasteiger partial charge in [0.15, 0.2) is 44.0 Å². The van der Waals surface area contributed by atoms with Crippen molar-refractivity contribution in [3.05, 3.63) is 0 Å². The van der Waals surface area contributed by atoms with E-state index in [2.05, 4.69) is 0 Å². The molecule has 0 aromatic heterocycles. The number of carbonyl (C=O) groups is 8. The lowest BCUT2D eigenvalue weighted by atomic mass is 9.81. The van der Waals surface area contributed by atoms with Crippen molar-refractivity contribution >= 4 is 142 Å². The minimum absolute atomic E-state index is 0.0789. The maximum absolute atomic E-state index is 12.4. The van der Waals surface area contributed by atoms with Gasteiger partial charge in [0.2, 0.25) is 0 Å². The summed E-state index contributed by atoms with van der Waals surface area (Å²) >= 11 is 7.27. The van der Waals surface area contributed by atoms with E-state index in [0.717, 1.165) is 94.1 Å². The zero-order valence-corrected chi connectivity index (χ0v) is 74.7. The number of ether oxygens (including phenoxy) is 15. The first-order chi connectivity index (χ1) is 60.7. The van der Waals surface area contributed by atoms with Crippen LogP contribution in [-0.4, -0.2) is 502 Å². The lowest BCUT2D eigenvalue weighted by Crippen LogP contribution is -2.68. The highest BCUT2D eigenvalue weighted by Crippen LogP contribution is 2.44. The zero-order valence-electron chi connectivity index (χ0n) is 68.2. The molecular weight excluding hydrogens is 1890 g/mol. The van der Waals surface area contributed by atoms with Crippen molar-refractivity contribution < 1.29 is 232 Å². The van der Waals surface area contributed by atoms with Crippen molar-refractivity contribution in [2.24, 2.45) is 5.92 Å². The van der Waals surface area contributed by atoms with Crippen molar-refractivity contribution in [2.75, 3.05) is 92.0 Å². The van der Waals surface area contributed by atoms with E-state index in [9.17, 15) is 161 Å². The second-order valence-corrected chi connectivity index (χ2v) is 40.4. The minimum atomic E-state index is -2.32. The van der Waals surface area contributed by atoms with Gasteiger partial charge < -0.3 is 194 Å². The molecule has 0 amide bonds. The van der Waals surface area contributed by atoms with Crippen molar-refractivity contribution in [2.45, 2.75) is 297 Å². The van der Waals surface area contributed by atoms with E-state index in [1.807, 2.05) is 0 Å². The molecule has 0 radical (unpaired) electrons. The van der Waals surface area contributed by atoms with Crippen molar-refractivity contribution in [3.63, 3.8) is 0 Å². The third-order valence-electron chi connectivity index (χ3n) is 21.9. The summed E-state index contributed by atoms with van der Waals surface area (Å²) in [5.74, 6) is -14.9. The predicted molar refractivity (Wildman–Crippen MR) is 444 cm³/mol. The Balaban J connectivity index is 1.12. The smallest absolute Gasteiger partial charge is 0.304 e. The summed E-state index contributed by atoms with van der Waals surface area (Å²) in [7, 11) is 0. The molecule has 736 valence electrons. The molecule has 1 aliphatic carbocycles. The summed E-state index contributed by atoms with van der Waals surface area (Å²) in [6.45, 7) is 0. The van der Waals surface area contributed by atoms with Crippen LogP contribution in [0.1, 0.15) is 57.8 Å². The van der Waals surface area contributed by atoms with Crippen LogP contribution in [0.3, 0.4) is 0 Å². The van der Waals surface area contributed by atoms with Crippen LogP contribution in [0.25, 0.3) is 0 Å². The summed E-state index contributed by atoms with van der Waals surface area (Å²) in [6, 6.07) is 0. The van der Waals surface area contributed by atoms with Gasteiger partial charge in [0, 0.05) is 86.3 Å². The summed E-state index contributed by atoms with van der Waals surface area (Å²) in [6.07, 6.45) is -82.6. The van der Waals surface area contributed by atoms with Gasteiger partial charge in [-0.05, 0) is 18.1 Å². The third kappa shape index (κ3) is 30.7. The molecule has 24 N–H and O–H groups in total. The van der Waals surface area contributed by atoms with Crippen LogP contribution in [0.5, 0.6) is 0 Å². The van der Waals surface area contributed by atoms with Crippen molar-refractivity contribution in [3.8, 4) is 0 Å². The lowest BCUT2D eigenvalue weighted by Gasteiger charge is -2.51. The molecule has 30 fully saturated rings. The minimum Gasteiger partial charge on any atom is -0.481 e. The Hall–Kier alpha value is -2.68. The first kappa shape index (κ1) is 109. The first-order valence-electron chi connectivity index (χ1n) is 40.8. The predicted octanol–water partition coefficient (Wildman–Crippen LogP) is -7.02. The summed E-state index contributed by atoms with van der Waals surface area (Å²) < 4.78 is 94.5. The van der Waals surface area contributed by atoms with Crippen LogP contribution in [-0.2, 0) is 109 Å². The molecule has 16 bridgehead atoms. The third-order valence-corrected chi connectivity index (χ3v) is 30.5. The largest absolute Gasteiger partial charge is 0.481 e. The second kappa shape index (κ2) is 52.7. The summed E-state index contributed by atoms with van der Waals surface area (Å²) in [5, 5.41) is 273. The number of carboxylic acid groups (broad SMARTS) is 8. The Morgan fingerprint density at radius 1 is 0.188 bits per heavy atom. The number of aliphatic hydroxyl groups is 16. The van der Waals surface area contributed by atoms with Gasteiger partial charge in [0.05, 0.1) is 106 Å². The number of hydrogen-bond acceptors (Lipinski definition) is 47. The van der Waals surface area contributed by atoms with Gasteiger partial charge >= 0.3 is 47.8 Å². The quantitative estimate of drug-likeness (QED) is 0.0254. The van der Waals surface area contributed by atoms with Crippen LogP contribution >= 0.6 is 94.1 Å². The number of aliphatic hydroxyl groups excluding tert-OH is 16. The fourth-order valence-corrected chi connectivity index (χ4v) is 23.2. The molecule has 1 saturated carbocycles. The topological polar surface area (TPSA) is 761 Å².